The zero-order valence-electron chi connectivity index (χ0n) is 17.0. The second-order valence-electron chi connectivity index (χ2n) is 7.32. The van der Waals surface area contributed by atoms with Crippen LogP contribution in [0.4, 0.5) is 0 Å². The standard InChI is InChI=1S/C21H28N2O6S/c24-20(22-13-15-28-16-14-22)17-29-21(25)10-7-18-5-8-19(9-6-18)30(26,27)23-11-3-1-2-4-12-23/h5-10H,1-4,11-17H2. The molecular formula is C21H28N2O6S. The van der Waals surface area contributed by atoms with Crippen LogP contribution >= 0.6 is 0 Å². The first-order valence-corrected chi connectivity index (χ1v) is 11.7. The Balaban J connectivity index is 1.52. The summed E-state index contributed by atoms with van der Waals surface area (Å²) < 4.78 is 37.3. The maximum absolute atomic E-state index is 12.8. The molecule has 164 valence electrons. The molecule has 0 saturated carbocycles. The molecular weight excluding hydrogens is 408 g/mol. The number of rotatable bonds is 6. The molecule has 0 unspecified atom stereocenters. The van der Waals surface area contributed by atoms with Gasteiger partial charge in [0.1, 0.15) is 0 Å². The average molecular weight is 437 g/mol. The predicted molar refractivity (Wildman–Crippen MR) is 111 cm³/mol. The Morgan fingerprint density at radius 2 is 1.60 bits per heavy atom. The van der Waals surface area contributed by atoms with Gasteiger partial charge < -0.3 is 14.4 Å². The highest BCUT2D eigenvalue weighted by molar-refractivity contribution is 7.89. The molecule has 2 saturated heterocycles. The molecule has 9 heteroatoms. The number of ether oxygens (including phenoxy) is 2. The predicted octanol–water partition coefficient (Wildman–Crippen LogP) is 1.67. The molecule has 0 aliphatic carbocycles. The number of morpholine rings is 1. The Morgan fingerprint density at radius 1 is 0.967 bits per heavy atom. The molecule has 0 spiro atoms. The molecule has 3 rings (SSSR count). The third kappa shape index (κ3) is 6.13. The topological polar surface area (TPSA) is 93.2 Å². The molecule has 2 aliphatic heterocycles. The molecule has 0 aromatic heterocycles. The van der Waals surface area contributed by atoms with Crippen molar-refractivity contribution in [3.05, 3.63) is 35.9 Å². The van der Waals surface area contributed by atoms with Crippen molar-refractivity contribution in [3.8, 4) is 0 Å². The van der Waals surface area contributed by atoms with Gasteiger partial charge in [0.15, 0.2) is 6.61 Å². The minimum Gasteiger partial charge on any atom is -0.452 e. The molecule has 1 aromatic carbocycles. The van der Waals surface area contributed by atoms with Crippen molar-refractivity contribution in [2.75, 3.05) is 46.0 Å². The molecule has 0 atom stereocenters. The van der Waals surface area contributed by atoms with Crippen molar-refractivity contribution in [1.82, 2.24) is 9.21 Å². The minimum absolute atomic E-state index is 0.247. The van der Waals surface area contributed by atoms with Gasteiger partial charge in [-0.25, -0.2) is 13.2 Å². The van der Waals surface area contributed by atoms with Crippen LogP contribution in [0.15, 0.2) is 35.2 Å². The van der Waals surface area contributed by atoms with Crippen LogP contribution in [0.5, 0.6) is 0 Å². The van der Waals surface area contributed by atoms with Crippen molar-refractivity contribution >= 4 is 28.0 Å². The van der Waals surface area contributed by atoms with Crippen molar-refractivity contribution in [2.45, 2.75) is 30.6 Å². The highest BCUT2D eigenvalue weighted by Gasteiger charge is 2.24. The van der Waals surface area contributed by atoms with Gasteiger partial charge in [-0.1, -0.05) is 25.0 Å². The highest BCUT2D eigenvalue weighted by Crippen LogP contribution is 2.21. The highest BCUT2D eigenvalue weighted by atomic mass is 32.2. The Kier molecular flexibility index (Phi) is 8.01. The van der Waals surface area contributed by atoms with E-state index in [0.717, 1.165) is 25.7 Å². The molecule has 0 radical (unpaired) electrons. The van der Waals surface area contributed by atoms with Gasteiger partial charge in [0.2, 0.25) is 10.0 Å². The third-order valence-corrected chi connectivity index (χ3v) is 7.11. The van der Waals surface area contributed by atoms with Crippen LogP contribution in [0, 0.1) is 0 Å². The van der Waals surface area contributed by atoms with Crippen LogP contribution in [0.25, 0.3) is 6.08 Å². The lowest BCUT2D eigenvalue weighted by Gasteiger charge is -2.26. The first-order valence-electron chi connectivity index (χ1n) is 10.3. The van der Waals surface area contributed by atoms with Crippen LogP contribution in [-0.2, 0) is 29.1 Å². The lowest BCUT2D eigenvalue weighted by molar-refractivity contribution is -0.150. The molecule has 30 heavy (non-hydrogen) atoms. The summed E-state index contributed by atoms with van der Waals surface area (Å²) >= 11 is 0. The molecule has 0 bridgehead atoms. The Labute approximate surface area is 177 Å². The zero-order valence-corrected chi connectivity index (χ0v) is 17.8. The third-order valence-electron chi connectivity index (χ3n) is 5.20. The average Bonchev–Trinajstić information content (AvgIpc) is 3.07. The van der Waals surface area contributed by atoms with Crippen molar-refractivity contribution in [1.29, 1.82) is 0 Å². The van der Waals surface area contributed by atoms with Gasteiger partial charge in [-0.3, -0.25) is 4.79 Å². The van der Waals surface area contributed by atoms with Gasteiger partial charge >= 0.3 is 5.97 Å². The molecule has 1 aromatic rings. The van der Waals surface area contributed by atoms with Crippen LogP contribution in [-0.4, -0.2) is 75.5 Å². The summed E-state index contributed by atoms with van der Waals surface area (Å²) in [4.78, 5) is 25.7. The molecule has 2 fully saturated rings. The van der Waals surface area contributed by atoms with E-state index in [2.05, 4.69) is 0 Å². The molecule has 0 N–H and O–H groups in total. The van der Waals surface area contributed by atoms with Crippen molar-refractivity contribution in [2.24, 2.45) is 0 Å². The summed E-state index contributed by atoms with van der Waals surface area (Å²) in [5, 5.41) is 0. The fourth-order valence-electron chi connectivity index (χ4n) is 3.43. The van der Waals surface area contributed by atoms with E-state index in [0.29, 0.717) is 45.0 Å². The molecule has 8 nitrogen and oxygen atoms in total. The van der Waals surface area contributed by atoms with E-state index in [1.54, 1.807) is 33.5 Å². The summed E-state index contributed by atoms with van der Waals surface area (Å²) in [6, 6.07) is 6.39. The number of carbonyl (C=O) groups is 2. The number of hydrogen-bond acceptors (Lipinski definition) is 6. The monoisotopic (exact) mass is 436 g/mol. The Morgan fingerprint density at radius 3 is 2.23 bits per heavy atom. The number of nitrogens with zero attached hydrogens (tertiary/aromatic N) is 2. The summed E-state index contributed by atoms with van der Waals surface area (Å²) in [7, 11) is -3.50. The molecule has 1 amide bonds. The SMILES string of the molecule is O=C(C=Cc1ccc(S(=O)(=O)N2CCCCCC2)cc1)OCC(=O)N1CCOCC1. The van der Waals surface area contributed by atoms with Gasteiger partial charge in [-0.15, -0.1) is 0 Å². The lowest BCUT2D eigenvalue weighted by Crippen LogP contribution is -2.42. The Bertz CT molecular complexity index is 852. The lowest BCUT2D eigenvalue weighted by atomic mass is 10.2. The van der Waals surface area contributed by atoms with E-state index < -0.39 is 16.0 Å². The molecule has 2 aliphatic rings. The summed E-state index contributed by atoms with van der Waals surface area (Å²) in [6.45, 7) is 2.78. The van der Waals surface area contributed by atoms with Crippen LogP contribution in [0.3, 0.4) is 0 Å². The van der Waals surface area contributed by atoms with Crippen LogP contribution in [0.2, 0.25) is 0 Å². The first kappa shape index (κ1) is 22.5. The number of sulfonamides is 1. The number of hydrogen-bond donors (Lipinski definition) is 0. The first-order chi connectivity index (χ1) is 14.5. The normalized spacial score (nSPS) is 18.9. The van der Waals surface area contributed by atoms with Crippen LogP contribution in [0.1, 0.15) is 31.2 Å². The van der Waals surface area contributed by atoms with E-state index in [4.69, 9.17) is 9.47 Å². The number of amides is 1. The second kappa shape index (κ2) is 10.7. The van der Waals surface area contributed by atoms with Gasteiger partial charge in [-0.2, -0.15) is 4.31 Å². The summed E-state index contributed by atoms with van der Waals surface area (Å²) in [5.74, 6) is -0.874. The minimum atomic E-state index is -3.50. The number of benzene rings is 1. The van der Waals surface area contributed by atoms with E-state index in [1.807, 2.05) is 0 Å². The summed E-state index contributed by atoms with van der Waals surface area (Å²) in [5.41, 5.74) is 0.668. The zero-order chi connectivity index (χ0) is 21.4. The second-order valence-corrected chi connectivity index (χ2v) is 9.26. The van der Waals surface area contributed by atoms with E-state index in [9.17, 15) is 18.0 Å². The van der Waals surface area contributed by atoms with Gasteiger partial charge in [0.05, 0.1) is 18.1 Å². The van der Waals surface area contributed by atoms with Gasteiger partial charge in [0, 0.05) is 32.3 Å². The molecule has 2 heterocycles. The quantitative estimate of drug-likeness (QED) is 0.497. The fraction of sp³-hybridized carbons (Fsp3) is 0.524. The maximum Gasteiger partial charge on any atom is 0.331 e. The van der Waals surface area contributed by atoms with Crippen molar-refractivity contribution < 1.29 is 27.5 Å². The summed E-state index contributed by atoms with van der Waals surface area (Å²) in [6.07, 6.45) is 6.65. The maximum atomic E-state index is 12.8. The van der Waals surface area contributed by atoms with Crippen molar-refractivity contribution in [3.63, 3.8) is 0 Å². The van der Waals surface area contributed by atoms with E-state index >= 15 is 0 Å². The largest absolute Gasteiger partial charge is 0.452 e. The number of esters is 1. The van der Waals surface area contributed by atoms with E-state index in [1.165, 1.54) is 12.2 Å². The van der Waals surface area contributed by atoms with Gasteiger partial charge in [-0.05, 0) is 36.6 Å². The smallest absolute Gasteiger partial charge is 0.331 e. The Hall–Kier alpha value is -2.23. The van der Waals surface area contributed by atoms with Crippen LogP contribution < -0.4 is 0 Å². The van der Waals surface area contributed by atoms with Gasteiger partial charge in [0.25, 0.3) is 5.91 Å². The van der Waals surface area contributed by atoms with E-state index in [-0.39, 0.29) is 17.4 Å². The number of carbonyl (C=O) groups excluding carboxylic acids is 2. The fourth-order valence-corrected chi connectivity index (χ4v) is 4.95.